The van der Waals surface area contributed by atoms with E-state index in [4.69, 9.17) is 0 Å². The molecule has 0 bridgehead atoms. The van der Waals surface area contributed by atoms with E-state index in [1.807, 2.05) is 13.8 Å². The van der Waals surface area contributed by atoms with Gasteiger partial charge in [-0.1, -0.05) is 26.7 Å². The number of aliphatic hydroxyl groups is 2. The zero-order valence-corrected chi connectivity index (χ0v) is 9.22. The third-order valence-electron chi connectivity index (χ3n) is 2.01. The fourth-order valence-corrected chi connectivity index (χ4v) is 1.68. The van der Waals surface area contributed by atoms with E-state index < -0.39 is 11.4 Å². The van der Waals surface area contributed by atoms with E-state index in [0.29, 0.717) is 12.8 Å². The fraction of sp³-hybridized carbons (Fsp3) is 1.00. The van der Waals surface area contributed by atoms with Crippen LogP contribution >= 0.6 is 0 Å². The third kappa shape index (κ3) is 6.02. The molecule has 0 saturated carbocycles. The molecule has 3 heteroatoms. The lowest BCUT2D eigenvalue weighted by atomic mass is 10.0. The highest BCUT2D eigenvalue weighted by atomic mass is 16.3. The second kappa shape index (κ2) is 4.94. The molecule has 0 aromatic carbocycles. The van der Waals surface area contributed by atoms with Gasteiger partial charge in [-0.05, 0) is 26.7 Å². The van der Waals surface area contributed by atoms with Crippen molar-refractivity contribution in [3.8, 4) is 0 Å². The number of rotatable bonds is 6. The molecule has 80 valence electrons. The molecule has 0 aromatic heterocycles. The topological polar surface area (TPSA) is 52.5 Å². The maximum Gasteiger partial charge on any atom is 0.115 e. The van der Waals surface area contributed by atoms with Gasteiger partial charge in [0.25, 0.3) is 0 Å². The lowest BCUT2D eigenvalue weighted by Gasteiger charge is -2.34. The molecule has 13 heavy (non-hydrogen) atoms. The largest absolute Gasteiger partial charge is 0.376 e. The maximum atomic E-state index is 9.81. The highest BCUT2D eigenvalue weighted by Crippen LogP contribution is 2.16. The van der Waals surface area contributed by atoms with Crippen LogP contribution in [-0.4, -0.2) is 21.7 Å². The van der Waals surface area contributed by atoms with Crippen molar-refractivity contribution >= 4 is 0 Å². The monoisotopic (exact) mass is 189 g/mol. The minimum Gasteiger partial charge on any atom is -0.376 e. The molecular formula is C10H23NO2. The fourth-order valence-electron chi connectivity index (χ4n) is 1.68. The van der Waals surface area contributed by atoms with E-state index in [1.54, 1.807) is 13.8 Å². The molecule has 0 rings (SSSR count). The first-order chi connectivity index (χ1) is 5.83. The minimum atomic E-state index is -0.965. The molecule has 0 amide bonds. The van der Waals surface area contributed by atoms with Crippen molar-refractivity contribution < 1.29 is 10.2 Å². The van der Waals surface area contributed by atoms with Gasteiger partial charge >= 0.3 is 0 Å². The summed E-state index contributed by atoms with van der Waals surface area (Å²) in [5, 5.41) is 22.5. The first kappa shape index (κ1) is 12.9. The van der Waals surface area contributed by atoms with Crippen LogP contribution in [0.15, 0.2) is 0 Å². The van der Waals surface area contributed by atoms with Gasteiger partial charge in [-0.3, -0.25) is 5.32 Å². The van der Waals surface area contributed by atoms with E-state index in [9.17, 15) is 10.2 Å². The Balaban J connectivity index is 4.07. The lowest BCUT2D eigenvalue weighted by molar-refractivity contribution is -0.0913. The summed E-state index contributed by atoms with van der Waals surface area (Å²) in [5.41, 5.74) is -1.93. The SMILES string of the molecule is CCCC(C)(O)NC(C)(O)CCC. The second-order valence-corrected chi connectivity index (χ2v) is 4.17. The first-order valence-corrected chi connectivity index (χ1v) is 5.07. The van der Waals surface area contributed by atoms with Crippen molar-refractivity contribution in [3.05, 3.63) is 0 Å². The summed E-state index contributed by atoms with van der Waals surface area (Å²) < 4.78 is 0. The number of nitrogens with one attached hydrogen (secondary N) is 1. The van der Waals surface area contributed by atoms with Crippen LogP contribution in [0, 0.1) is 0 Å². The van der Waals surface area contributed by atoms with Gasteiger partial charge in [-0.15, -0.1) is 0 Å². The summed E-state index contributed by atoms with van der Waals surface area (Å²) in [4.78, 5) is 0. The highest BCUT2D eigenvalue weighted by Gasteiger charge is 2.29. The van der Waals surface area contributed by atoms with Crippen molar-refractivity contribution in [2.24, 2.45) is 0 Å². The Morgan fingerprint density at radius 2 is 1.23 bits per heavy atom. The van der Waals surface area contributed by atoms with Crippen molar-refractivity contribution in [1.82, 2.24) is 5.32 Å². The number of hydrogen-bond acceptors (Lipinski definition) is 3. The predicted molar refractivity (Wildman–Crippen MR) is 54.2 cm³/mol. The van der Waals surface area contributed by atoms with Crippen LogP contribution in [0.5, 0.6) is 0 Å². The van der Waals surface area contributed by atoms with E-state index >= 15 is 0 Å². The van der Waals surface area contributed by atoms with Crippen LogP contribution in [0.25, 0.3) is 0 Å². The lowest BCUT2D eigenvalue weighted by Crippen LogP contribution is -2.55. The predicted octanol–water partition coefficient (Wildman–Crippen LogP) is 1.59. The van der Waals surface area contributed by atoms with Gasteiger partial charge in [-0.2, -0.15) is 0 Å². The zero-order valence-electron chi connectivity index (χ0n) is 9.22. The molecule has 0 aliphatic heterocycles. The summed E-state index contributed by atoms with van der Waals surface area (Å²) in [5.74, 6) is 0. The van der Waals surface area contributed by atoms with Gasteiger partial charge in [0.15, 0.2) is 0 Å². The normalized spacial score (nSPS) is 20.8. The van der Waals surface area contributed by atoms with Gasteiger partial charge < -0.3 is 10.2 Å². The van der Waals surface area contributed by atoms with Crippen molar-refractivity contribution in [2.75, 3.05) is 0 Å². The van der Waals surface area contributed by atoms with Gasteiger partial charge in [0.1, 0.15) is 11.4 Å². The molecule has 0 fully saturated rings. The van der Waals surface area contributed by atoms with Crippen LogP contribution in [0.4, 0.5) is 0 Å². The van der Waals surface area contributed by atoms with Gasteiger partial charge in [0, 0.05) is 0 Å². The summed E-state index contributed by atoms with van der Waals surface area (Å²) in [6, 6.07) is 0. The zero-order chi connectivity index (χ0) is 10.5. The Hall–Kier alpha value is -0.120. The average Bonchev–Trinajstić information content (AvgIpc) is 1.82. The Labute approximate surface area is 81.2 Å². The Morgan fingerprint density at radius 1 is 0.923 bits per heavy atom. The molecular weight excluding hydrogens is 166 g/mol. The van der Waals surface area contributed by atoms with Crippen molar-refractivity contribution in [2.45, 2.75) is 64.8 Å². The molecule has 3 N–H and O–H groups in total. The van der Waals surface area contributed by atoms with Crippen molar-refractivity contribution in [1.29, 1.82) is 0 Å². The van der Waals surface area contributed by atoms with Crippen LogP contribution in [0.3, 0.4) is 0 Å². The first-order valence-electron chi connectivity index (χ1n) is 5.07. The molecule has 0 spiro atoms. The molecule has 0 heterocycles. The molecule has 0 aliphatic rings. The van der Waals surface area contributed by atoms with Crippen LogP contribution in [-0.2, 0) is 0 Å². The summed E-state index contributed by atoms with van der Waals surface area (Å²) >= 11 is 0. The van der Waals surface area contributed by atoms with E-state index in [1.165, 1.54) is 0 Å². The van der Waals surface area contributed by atoms with E-state index in [-0.39, 0.29) is 0 Å². The quantitative estimate of drug-likeness (QED) is 0.556. The molecule has 2 atom stereocenters. The Bertz CT molecular complexity index is 128. The van der Waals surface area contributed by atoms with E-state index in [0.717, 1.165) is 12.8 Å². The molecule has 0 saturated heterocycles. The second-order valence-electron chi connectivity index (χ2n) is 4.17. The molecule has 3 nitrogen and oxygen atoms in total. The Morgan fingerprint density at radius 3 is 1.46 bits per heavy atom. The van der Waals surface area contributed by atoms with Crippen LogP contribution in [0.1, 0.15) is 53.4 Å². The summed E-state index contributed by atoms with van der Waals surface area (Å²) in [6.45, 7) is 7.40. The van der Waals surface area contributed by atoms with Gasteiger partial charge in [0.05, 0.1) is 0 Å². The third-order valence-corrected chi connectivity index (χ3v) is 2.01. The smallest absolute Gasteiger partial charge is 0.115 e. The maximum absolute atomic E-state index is 9.81. The Kier molecular flexibility index (Phi) is 4.89. The highest BCUT2D eigenvalue weighted by molar-refractivity contribution is 4.78. The summed E-state index contributed by atoms with van der Waals surface area (Å²) in [7, 11) is 0. The average molecular weight is 189 g/mol. The molecule has 0 aromatic rings. The molecule has 0 aliphatic carbocycles. The van der Waals surface area contributed by atoms with Gasteiger partial charge in [-0.25, -0.2) is 0 Å². The standard InChI is InChI=1S/C10H23NO2/c1-5-7-9(3,12)11-10(4,13)8-6-2/h11-13H,5-8H2,1-4H3. The molecule has 2 unspecified atom stereocenters. The van der Waals surface area contributed by atoms with Crippen LogP contribution < -0.4 is 5.32 Å². The van der Waals surface area contributed by atoms with Gasteiger partial charge in [0.2, 0.25) is 0 Å². The minimum absolute atomic E-state index is 0.646. The van der Waals surface area contributed by atoms with Crippen molar-refractivity contribution in [3.63, 3.8) is 0 Å². The van der Waals surface area contributed by atoms with E-state index in [2.05, 4.69) is 5.32 Å². The molecule has 0 radical (unpaired) electrons. The summed E-state index contributed by atoms with van der Waals surface area (Å²) in [6.07, 6.45) is 3.07. The number of hydrogen-bond donors (Lipinski definition) is 3. The van der Waals surface area contributed by atoms with Crippen LogP contribution in [0.2, 0.25) is 0 Å².